The number of rotatable bonds is 6. The van der Waals surface area contributed by atoms with Crippen LogP contribution in [0.5, 0.6) is 0 Å². The molecule has 0 amide bonds. The summed E-state index contributed by atoms with van der Waals surface area (Å²) in [6.07, 6.45) is 2.89. The molecule has 1 atom stereocenters. The van der Waals surface area contributed by atoms with Gasteiger partial charge in [-0.15, -0.1) is 0 Å². The molecule has 0 N–H and O–H groups in total. The molecule has 15 heavy (non-hydrogen) atoms. The lowest BCUT2D eigenvalue weighted by atomic mass is 10.1. The molecular weight excluding hydrogens is 192 g/mol. The zero-order valence-corrected chi connectivity index (χ0v) is 10.0. The van der Waals surface area contributed by atoms with E-state index in [4.69, 9.17) is 4.74 Å². The van der Waals surface area contributed by atoms with Crippen LogP contribution in [0, 0.1) is 0 Å². The largest absolute Gasteiger partial charge is 0.454 e. The maximum atomic E-state index is 11.2. The molecule has 86 valence electrons. The Hall–Kier alpha value is -1.12. The summed E-state index contributed by atoms with van der Waals surface area (Å²) in [6, 6.07) is 0. The van der Waals surface area contributed by atoms with Crippen molar-refractivity contribution in [3.05, 3.63) is 11.6 Å². The van der Waals surface area contributed by atoms with Crippen molar-refractivity contribution in [2.24, 2.45) is 0 Å². The van der Waals surface area contributed by atoms with E-state index in [0.29, 0.717) is 12.8 Å². The van der Waals surface area contributed by atoms with Crippen LogP contribution in [0.4, 0.5) is 0 Å². The molecule has 3 nitrogen and oxygen atoms in total. The van der Waals surface area contributed by atoms with Gasteiger partial charge in [-0.1, -0.05) is 18.6 Å². The van der Waals surface area contributed by atoms with Gasteiger partial charge in [0.15, 0.2) is 11.9 Å². The van der Waals surface area contributed by atoms with Gasteiger partial charge in [0.2, 0.25) is 0 Å². The zero-order valence-electron chi connectivity index (χ0n) is 10.0. The van der Waals surface area contributed by atoms with E-state index in [2.05, 4.69) is 0 Å². The van der Waals surface area contributed by atoms with Crippen LogP contribution in [0.3, 0.4) is 0 Å². The second kappa shape index (κ2) is 7.21. The predicted octanol–water partition coefficient (Wildman–Crippen LogP) is 2.64. The molecule has 3 heteroatoms. The number of ether oxygens (including phenoxy) is 1. The van der Waals surface area contributed by atoms with E-state index in [1.165, 1.54) is 6.92 Å². The lowest BCUT2D eigenvalue weighted by molar-refractivity contribution is -0.154. The molecule has 0 aromatic heterocycles. The number of hydrogen-bond acceptors (Lipinski definition) is 3. The molecule has 0 aromatic rings. The molecule has 0 spiro atoms. The highest BCUT2D eigenvalue weighted by atomic mass is 16.5. The molecule has 0 aliphatic carbocycles. The van der Waals surface area contributed by atoms with Crippen LogP contribution in [0.25, 0.3) is 0 Å². The van der Waals surface area contributed by atoms with Crippen LogP contribution in [-0.2, 0) is 14.3 Å². The van der Waals surface area contributed by atoms with E-state index in [1.807, 2.05) is 26.8 Å². The van der Waals surface area contributed by atoms with Gasteiger partial charge in [-0.2, -0.15) is 0 Å². The lowest BCUT2D eigenvalue weighted by Crippen LogP contribution is -2.24. The van der Waals surface area contributed by atoms with Crippen molar-refractivity contribution in [3.8, 4) is 0 Å². The van der Waals surface area contributed by atoms with Crippen molar-refractivity contribution in [3.63, 3.8) is 0 Å². The average Bonchev–Trinajstić information content (AvgIpc) is 2.11. The smallest absolute Gasteiger partial charge is 0.306 e. The third-order valence-electron chi connectivity index (χ3n) is 1.92. The topological polar surface area (TPSA) is 43.4 Å². The van der Waals surface area contributed by atoms with E-state index >= 15 is 0 Å². The Labute approximate surface area is 91.5 Å². The quantitative estimate of drug-likeness (QED) is 0.502. The van der Waals surface area contributed by atoms with E-state index in [9.17, 15) is 9.59 Å². The summed E-state index contributed by atoms with van der Waals surface area (Å²) in [7, 11) is 0. The number of esters is 1. The molecule has 0 aliphatic rings. The van der Waals surface area contributed by atoms with Crippen molar-refractivity contribution in [2.45, 2.75) is 53.1 Å². The number of carbonyl (C=O) groups excluding carboxylic acids is 2. The standard InChI is InChI=1S/C12H20O3/c1-5-6-12(14)15-11(10(4)13)8-7-9(2)3/h7,11H,5-6,8H2,1-4H3. The van der Waals surface area contributed by atoms with Crippen LogP contribution in [-0.4, -0.2) is 17.9 Å². The monoisotopic (exact) mass is 212 g/mol. The number of carbonyl (C=O) groups is 2. The van der Waals surface area contributed by atoms with Crippen molar-refractivity contribution in [2.75, 3.05) is 0 Å². The van der Waals surface area contributed by atoms with E-state index in [-0.39, 0.29) is 11.8 Å². The Kier molecular flexibility index (Phi) is 6.67. The fourth-order valence-corrected chi connectivity index (χ4v) is 1.06. The SMILES string of the molecule is CCCC(=O)OC(CC=C(C)C)C(C)=O. The molecular formula is C12H20O3. The van der Waals surface area contributed by atoms with Crippen molar-refractivity contribution in [1.82, 2.24) is 0 Å². The molecule has 0 saturated heterocycles. The molecule has 0 rings (SSSR count). The molecule has 0 aliphatic heterocycles. The zero-order chi connectivity index (χ0) is 11.8. The van der Waals surface area contributed by atoms with Gasteiger partial charge in [0, 0.05) is 12.8 Å². The first-order chi connectivity index (χ1) is 6.97. The van der Waals surface area contributed by atoms with Crippen molar-refractivity contribution >= 4 is 11.8 Å². The van der Waals surface area contributed by atoms with Gasteiger partial charge in [-0.3, -0.25) is 9.59 Å². The average molecular weight is 212 g/mol. The van der Waals surface area contributed by atoms with E-state index in [0.717, 1.165) is 12.0 Å². The Balaban J connectivity index is 4.22. The maximum Gasteiger partial charge on any atom is 0.306 e. The molecule has 0 heterocycles. The first kappa shape index (κ1) is 13.9. The molecule has 0 aromatic carbocycles. The van der Waals surface area contributed by atoms with Gasteiger partial charge >= 0.3 is 5.97 Å². The van der Waals surface area contributed by atoms with Gasteiger partial charge in [0.05, 0.1) is 0 Å². The summed E-state index contributed by atoms with van der Waals surface area (Å²) in [5.74, 6) is -0.392. The summed E-state index contributed by atoms with van der Waals surface area (Å²) in [5.41, 5.74) is 1.12. The number of allylic oxidation sites excluding steroid dienone is 1. The van der Waals surface area contributed by atoms with E-state index < -0.39 is 6.10 Å². The molecule has 0 bridgehead atoms. The van der Waals surface area contributed by atoms with Gasteiger partial charge < -0.3 is 4.74 Å². The lowest BCUT2D eigenvalue weighted by Gasteiger charge is -2.13. The van der Waals surface area contributed by atoms with Crippen molar-refractivity contribution in [1.29, 1.82) is 0 Å². The number of hydrogen-bond donors (Lipinski definition) is 0. The van der Waals surface area contributed by atoms with Gasteiger partial charge in [-0.05, 0) is 27.2 Å². The normalized spacial score (nSPS) is 11.7. The predicted molar refractivity (Wildman–Crippen MR) is 59.5 cm³/mol. The molecule has 0 fully saturated rings. The van der Waals surface area contributed by atoms with Crippen LogP contribution < -0.4 is 0 Å². The van der Waals surface area contributed by atoms with Crippen LogP contribution in [0.15, 0.2) is 11.6 Å². The number of Topliss-reactive ketones (excluding diaryl/α,β-unsaturated/α-hetero) is 1. The highest BCUT2D eigenvalue weighted by Gasteiger charge is 2.17. The van der Waals surface area contributed by atoms with Crippen LogP contribution in [0.2, 0.25) is 0 Å². The summed E-state index contributed by atoms with van der Waals surface area (Å²) >= 11 is 0. The highest BCUT2D eigenvalue weighted by molar-refractivity contribution is 5.83. The Morgan fingerprint density at radius 3 is 2.27 bits per heavy atom. The first-order valence-corrected chi connectivity index (χ1v) is 5.30. The van der Waals surface area contributed by atoms with Crippen LogP contribution >= 0.6 is 0 Å². The Morgan fingerprint density at radius 1 is 1.27 bits per heavy atom. The summed E-state index contributed by atoms with van der Waals surface area (Å²) in [6.45, 7) is 7.25. The maximum absolute atomic E-state index is 11.2. The minimum Gasteiger partial charge on any atom is -0.454 e. The fourth-order valence-electron chi connectivity index (χ4n) is 1.06. The second-order valence-electron chi connectivity index (χ2n) is 3.86. The molecule has 1 unspecified atom stereocenters. The third-order valence-corrected chi connectivity index (χ3v) is 1.92. The summed E-state index contributed by atoms with van der Waals surface area (Å²) in [4.78, 5) is 22.4. The highest BCUT2D eigenvalue weighted by Crippen LogP contribution is 2.06. The molecule has 0 saturated carbocycles. The first-order valence-electron chi connectivity index (χ1n) is 5.30. The number of ketones is 1. The summed E-state index contributed by atoms with van der Waals surface area (Å²) in [5, 5.41) is 0. The minimum absolute atomic E-state index is 0.100. The van der Waals surface area contributed by atoms with Gasteiger partial charge in [0.25, 0.3) is 0 Å². The van der Waals surface area contributed by atoms with Gasteiger partial charge in [-0.25, -0.2) is 0 Å². The van der Waals surface area contributed by atoms with Crippen LogP contribution in [0.1, 0.15) is 47.0 Å². The minimum atomic E-state index is -0.612. The Morgan fingerprint density at radius 2 is 1.87 bits per heavy atom. The Bertz CT molecular complexity index is 250. The molecule has 0 radical (unpaired) electrons. The fraction of sp³-hybridized carbons (Fsp3) is 0.667. The third kappa shape index (κ3) is 6.89. The van der Waals surface area contributed by atoms with E-state index in [1.54, 1.807) is 0 Å². The summed E-state index contributed by atoms with van der Waals surface area (Å²) < 4.78 is 5.07. The van der Waals surface area contributed by atoms with Gasteiger partial charge in [0.1, 0.15) is 0 Å². The second-order valence-corrected chi connectivity index (χ2v) is 3.86. The van der Waals surface area contributed by atoms with Crippen molar-refractivity contribution < 1.29 is 14.3 Å².